The highest BCUT2D eigenvalue weighted by Gasteiger charge is 2.17. The van der Waals surface area contributed by atoms with Crippen molar-refractivity contribution >= 4 is 60.9 Å². The van der Waals surface area contributed by atoms with Crippen LogP contribution >= 0.6 is 27.5 Å². The Labute approximate surface area is 206 Å². The maximum atomic E-state index is 13.4. The van der Waals surface area contributed by atoms with Gasteiger partial charge in [0.25, 0.3) is 10.0 Å². The first kappa shape index (κ1) is 25.4. The third-order valence-electron chi connectivity index (χ3n) is 4.01. The second-order valence-electron chi connectivity index (χ2n) is 6.39. The SMILES string of the molecule is NC(=NCCNc1nonc1C(=Nc1ccc(F)c(Br)c1)NO)NS(=O)(=O)c1ccc(Cl)cc1. The predicted octanol–water partition coefficient (Wildman–Crippen LogP) is 2.39. The van der Waals surface area contributed by atoms with Gasteiger partial charge in [0, 0.05) is 11.6 Å². The molecule has 180 valence electrons. The first-order valence-electron chi connectivity index (χ1n) is 9.28. The van der Waals surface area contributed by atoms with E-state index in [4.69, 9.17) is 17.3 Å². The lowest BCUT2D eigenvalue weighted by Gasteiger charge is -2.08. The third kappa shape index (κ3) is 6.63. The molecule has 0 unspecified atom stereocenters. The first-order valence-corrected chi connectivity index (χ1v) is 11.9. The molecule has 0 aliphatic carbocycles. The third-order valence-corrected chi connectivity index (χ3v) is 6.24. The van der Waals surface area contributed by atoms with E-state index in [1.165, 1.54) is 42.5 Å². The normalized spacial score (nSPS) is 12.5. The zero-order valence-electron chi connectivity index (χ0n) is 17.0. The Morgan fingerprint density at radius 3 is 2.65 bits per heavy atom. The Morgan fingerprint density at radius 1 is 1.24 bits per heavy atom. The number of hydroxylamine groups is 1. The van der Waals surface area contributed by atoms with Crippen LogP contribution in [0.2, 0.25) is 5.02 Å². The van der Waals surface area contributed by atoms with Crippen LogP contribution in [-0.4, -0.2) is 48.8 Å². The highest BCUT2D eigenvalue weighted by Crippen LogP contribution is 2.23. The second-order valence-corrected chi connectivity index (χ2v) is 9.36. The number of rotatable bonds is 8. The van der Waals surface area contributed by atoms with Gasteiger partial charge in [0.1, 0.15) is 5.82 Å². The zero-order valence-corrected chi connectivity index (χ0v) is 20.2. The number of guanidine groups is 1. The number of nitrogens with one attached hydrogen (secondary N) is 3. The largest absolute Gasteiger partial charge is 0.369 e. The van der Waals surface area contributed by atoms with Gasteiger partial charge in [-0.15, -0.1) is 0 Å². The first-order chi connectivity index (χ1) is 16.2. The van der Waals surface area contributed by atoms with Crippen molar-refractivity contribution in [2.75, 3.05) is 18.4 Å². The van der Waals surface area contributed by atoms with E-state index in [9.17, 15) is 18.0 Å². The Balaban J connectivity index is 1.62. The summed E-state index contributed by atoms with van der Waals surface area (Å²) in [4.78, 5) is 8.05. The summed E-state index contributed by atoms with van der Waals surface area (Å²) in [5.74, 6) is -0.812. The molecule has 3 aromatic rings. The molecular weight excluding hydrogens is 559 g/mol. The lowest BCUT2D eigenvalue weighted by molar-refractivity contribution is 0.234. The number of sulfonamides is 1. The minimum atomic E-state index is -3.91. The van der Waals surface area contributed by atoms with Crippen LogP contribution in [0.5, 0.6) is 0 Å². The molecule has 0 bridgehead atoms. The minimum Gasteiger partial charge on any atom is -0.369 e. The molecule has 0 radical (unpaired) electrons. The number of aromatic nitrogens is 2. The average molecular weight is 576 g/mol. The van der Waals surface area contributed by atoms with Crippen molar-refractivity contribution in [2.24, 2.45) is 15.7 Å². The summed E-state index contributed by atoms with van der Waals surface area (Å²) in [5, 5.41) is 20.1. The van der Waals surface area contributed by atoms with Crippen molar-refractivity contribution in [3.8, 4) is 0 Å². The van der Waals surface area contributed by atoms with Gasteiger partial charge in [0.2, 0.25) is 11.8 Å². The fourth-order valence-corrected chi connectivity index (χ4v) is 3.91. The van der Waals surface area contributed by atoms with E-state index < -0.39 is 15.8 Å². The van der Waals surface area contributed by atoms with Crippen molar-refractivity contribution in [1.29, 1.82) is 0 Å². The molecule has 16 heteroatoms. The van der Waals surface area contributed by atoms with E-state index in [-0.39, 0.29) is 45.8 Å². The van der Waals surface area contributed by atoms with Gasteiger partial charge in [-0.2, -0.15) is 0 Å². The van der Waals surface area contributed by atoms with E-state index in [0.29, 0.717) is 10.7 Å². The lowest BCUT2D eigenvalue weighted by atomic mass is 10.3. The van der Waals surface area contributed by atoms with Crippen molar-refractivity contribution in [3.05, 3.63) is 63.5 Å². The lowest BCUT2D eigenvalue weighted by Crippen LogP contribution is -2.37. The molecule has 0 aliphatic rings. The number of benzene rings is 2. The van der Waals surface area contributed by atoms with Crippen LogP contribution in [0.25, 0.3) is 0 Å². The highest BCUT2D eigenvalue weighted by molar-refractivity contribution is 9.10. The number of aliphatic imine (C=N–C) groups is 2. The Morgan fingerprint density at radius 2 is 1.97 bits per heavy atom. The molecule has 1 heterocycles. The van der Waals surface area contributed by atoms with Crippen molar-refractivity contribution < 1.29 is 22.6 Å². The summed E-state index contributed by atoms with van der Waals surface area (Å²) in [6, 6.07) is 9.52. The summed E-state index contributed by atoms with van der Waals surface area (Å²) in [6.45, 7) is 0.191. The number of halogens is 3. The quantitative estimate of drug-likeness (QED) is 0.117. The summed E-state index contributed by atoms with van der Waals surface area (Å²) in [6.07, 6.45) is 0. The van der Waals surface area contributed by atoms with Gasteiger partial charge in [-0.1, -0.05) is 11.6 Å². The van der Waals surface area contributed by atoms with Crippen molar-refractivity contribution in [1.82, 2.24) is 20.5 Å². The molecule has 12 nitrogen and oxygen atoms in total. The molecule has 0 atom stereocenters. The monoisotopic (exact) mass is 574 g/mol. The maximum Gasteiger partial charge on any atom is 0.264 e. The molecule has 0 amide bonds. The zero-order chi connectivity index (χ0) is 24.7. The average Bonchev–Trinajstić information content (AvgIpc) is 3.25. The summed E-state index contributed by atoms with van der Waals surface area (Å²) >= 11 is 8.81. The van der Waals surface area contributed by atoms with Crippen LogP contribution in [0.1, 0.15) is 5.69 Å². The smallest absolute Gasteiger partial charge is 0.264 e. The number of nitrogens with two attached hydrogens (primary N) is 1. The Bertz CT molecular complexity index is 1320. The number of amidine groups is 1. The van der Waals surface area contributed by atoms with Gasteiger partial charge in [0.05, 0.1) is 21.6 Å². The van der Waals surface area contributed by atoms with E-state index in [0.717, 1.165) is 0 Å². The molecular formula is C18H17BrClFN8O4S. The van der Waals surface area contributed by atoms with Gasteiger partial charge in [-0.05, 0) is 68.7 Å². The standard InChI is InChI=1S/C18H17BrClFN8O4S/c19-13-9-11(3-6-14(13)21)25-17(26-30)15-16(28-33-27-15)23-7-8-24-18(22)29-34(31,32)12-4-1-10(20)2-5-12/h1-6,9,30H,7-8H2,(H,23,28)(H,25,26)(H3,22,24,29). The van der Waals surface area contributed by atoms with Gasteiger partial charge in [-0.25, -0.2) is 27.2 Å². The Hall–Kier alpha value is -3.27. The number of hydrogen-bond acceptors (Lipinski definition) is 9. The fraction of sp³-hybridized carbons (Fsp3) is 0.111. The summed E-state index contributed by atoms with van der Waals surface area (Å²) in [7, 11) is -3.91. The van der Waals surface area contributed by atoms with Gasteiger partial charge in [-0.3, -0.25) is 15.7 Å². The fourth-order valence-electron chi connectivity index (χ4n) is 2.47. The maximum absolute atomic E-state index is 13.4. The van der Waals surface area contributed by atoms with Gasteiger partial charge >= 0.3 is 0 Å². The van der Waals surface area contributed by atoms with Crippen LogP contribution < -0.4 is 21.3 Å². The molecule has 0 fully saturated rings. The number of hydrogen-bond donors (Lipinski definition) is 5. The van der Waals surface area contributed by atoms with Gasteiger partial charge in [0.15, 0.2) is 11.5 Å². The molecule has 0 saturated heterocycles. The minimum absolute atomic E-state index is 0.0250. The molecule has 1 aromatic heterocycles. The van der Waals surface area contributed by atoms with Gasteiger partial charge < -0.3 is 11.1 Å². The predicted molar refractivity (Wildman–Crippen MR) is 126 cm³/mol. The van der Waals surface area contributed by atoms with Crippen LogP contribution in [0, 0.1) is 5.82 Å². The van der Waals surface area contributed by atoms with Crippen molar-refractivity contribution in [3.63, 3.8) is 0 Å². The van der Waals surface area contributed by atoms with E-state index in [1.807, 2.05) is 5.48 Å². The van der Waals surface area contributed by atoms with Crippen LogP contribution in [0.3, 0.4) is 0 Å². The number of nitrogens with zero attached hydrogens (tertiary/aromatic N) is 4. The topological polar surface area (TPSA) is 180 Å². The molecule has 6 N–H and O–H groups in total. The van der Waals surface area contributed by atoms with E-state index in [2.05, 4.69) is 50.9 Å². The van der Waals surface area contributed by atoms with E-state index in [1.54, 1.807) is 0 Å². The van der Waals surface area contributed by atoms with E-state index >= 15 is 0 Å². The summed E-state index contributed by atoms with van der Waals surface area (Å²) < 4.78 is 45.0. The second kappa shape index (κ2) is 11.2. The highest BCUT2D eigenvalue weighted by atomic mass is 79.9. The van der Waals surface area contributed by atoms with Crippen LogP contribution in [0.4, 0.5) is 15.9 Å². The van der Waals surface area contributed by atoms with Crippen LogP contribution in [0.15, 0.2) is 66.4 Å². The Kier molecular flexibility index (Phi) is 8.38. The number of anilines is 1. The molecule has 0 spiro atoms. The molecule has 0 aliphatic heterocycles. The van der Waals surface area contributed by atoms with Crippen LogP contribution in [-0.2, 0) is 10.0 Å². The summed E-state index contributed by atoms with van der Waals surface area (Å²) in [5.41, 5.74) is 7.89. The van der Waals surface area contributed by atoms with Crippen molar-refractivity contribution in [2.45, 2.75) is 4.90 Å². The molecule has 34 heavy (non-hydrogen) atoms. The molecule has 0 saturated carbocycles. The molecule has 2 aromatic carbocycles. The molecule has 3 rings (SSSR count).